The molecule has 0 aromatic heterocycles. The van der Waals surface area contributed by atoms with Gasteiger partial charge in [0, 0.05) is 6.54 Å². The maximum atomic E-state index is 10.5. The highest BCUT2D eigenvalue weighted by Crippen LogP contribution is 2.20. The van der Waals surface area contributed by atoms with Gasteiger partial charge in [-0.1, -0.05) is 6.92 Å². The number of carboxylic acids is 1. The standard InChI is InChI=1S/C7H13NO2/c1-5-3-6(7(9)10)8(2)4-5/h5-6H,3-4H2,1-2H3,(H,9,10)/t5-,6?/m0/s1. The molecule has 0 aliphatic carbocycles. The van der Waals surface area contributed by atoms with Crippen molar-refractivity contribution < 1.29 is 9.90 Å². The molecule has 3 nitrogen and oxygen atoms in total. The van der Waals surface area contributed by atoms with Crippen molar-refractivity contribution in [1.29, 1.82) is 0 Å². The molecule has 2 atom stereocenters. The molecule has 10 heavy (non-hydrogen) atoms. The smallest absolute Gasteiger partial charge is 0.320 e. The lowest BCUT2D eigenvalue weighted by molar-refractivity contribution is -0.141. The maximum Gasteiger partial charge on any atom is 0.320 e. The molecule has 1 heterocycles. The molecule has 0 saturated carbocycles. The summed E-state index contributed by atoms with van der Waals surface area (Å²) in [5.41, 5.74) is 0. The summed E-state index contributed by atoms with van der Waals surface area (Å²) in [5.74, 6) is -0.155. The Balaban J connectivity index is 2.54. The van der Waals surface area contributed by atoms with Gasteiger partial charge in [-0.05, 0) is 19.4 Å². The van der Waals surface area contributed by atoms with Crippen molar-refractivity contribution in [3.05, 3.63) is 0 Å². The number of hydrogen-bond donors (Lipinski definition) is 1. The largest absolute Gasteiger partial charge is 0.480 e. The van der Waals surface area contributed by atoms with Crippen molar-refractivity contribution in [2.24, 2.45) is 5.92 Å². The molecule has 58 valence electrons. The van der Waals surface area contributed by atoms with E-state index in [4.69, 9.17) is 5.11 Å². The minimum absolute atomic E-state index is 0.241. The van der Waals surface area contributed by atoms with Crippen molar-refractivity contribution in [3.8, 4) is 0 Å². The van der Waals surface area contributed by atoms with E-state index in [-0.39, 0.29) is 6.04 Å². The molecule has 0 aromatic carbocycles. The van der Waals surface area contributed by atoms with E-state index < -0.39 is 5.97 Å². The number of carbonyl (C=O) groups is 1. The first-order valence-corrected chi connectivity index (χ1v) is 3.54. The Kier molecular flexibility index (Phi) is 1.94. The summed E-state index contributed by atoms with van der Waals surface area (Å²) >= 11 is 0. The Morgan fingerprint density at radius 1 is 1.70 bits per heavy atom. The third-order valence-electron chi connectivity index (χ3n) is 2.04. The quantitative estimate of drug-likeness (QED) is 0.578. The van der Waals surface area contributed by atoms with E-state index in [0.29, 0.717) is 5.92 Å². The zero-order chi connectivity index (χ0) is 7.72. The molecule has 1 fully saturated rings. The fourth-order valence-electron chi connectivity index (χ4n) is 1.54. The predicted octanol–water partition coefficient (Wildman–Crippen LogP) is 0.411. The number of nitrogens with zero attached hydrogens (tertiary/aromatic N) is 1. The predicted molar refractivity (Wildman–Crippen MR) is 37.8 cm³/mol. The highest BCUT2D eigenvalue weighted by Gasteiger charge is 2.31. The van der Waals surface area contributed by atoms with Gasteiger partial charge in [-0.25, -0.2) is 0 Å². The molecule has 1 aliphatic heterocycles. The number of aliphatic carboxylic acids is 1. The lowest BCUT2D eigenvalue weighted by Crippen LogP contribution is -2.32. The summed E-state index contributed by atoms with van der Waals surface area (Å²) in [6, 6.07) is -0.241. The molecule has 0 bridgehead atoms. The van der Waals surface area contributed by atoms with Crippen molar-refractivity contribution in [2.75, 3.05) is 13.6 Å². The van der Waals surface area contributed by atoms with Crippen molar-refractivity contribution in [2.45, 2.75) is 19.4 Å². The Morgan fingerprint density at radius 2 is 2.30 bits per heavy atom. The second kappa shape index (κ2) is 2.58. The average Bonchev–Trinajstić information content (AvgIpc) is 2.10. The molecule has 0 aromatic rings. The van der Waals surface area contributed by atoms with E-state index in [1.165, 1.54) is 0 Å². The molecular weight excluding hydrogens is 130 g/mol. The van der Waals surface area contributed by atoms with E-state index in [0.717, 1.165) is 13.0 Å². The fourth-order valence-corrected chi connectivity index (χ4v) is 1.54. The summed E-state index contributed by atoms with van der Waals surface area (Å²) in [7, 11) is 1.86. The van der Waals surface area contributed by atoms with Gasteiger partial charge in [-0.15, -0.1) is 0 Å². The van der Waals surface area contributed by atoms with Gasteiger partial charge in [0.15, 0.2) is 0 Å². The molecule has 0 amide bonds. The summed E-state index contributed by atoms with van der Waals surface area (Å²) in [5, 5.41) is 8.66. The third-order valence-corrected chi connectivity index (χ3v) is 2.04. The van der Waals surface area contributed by atoms with E-state index in [1.54, 1.807) is 0 Å². The second-order valence-corrected chi connectivity index (χ2v) is 3.13. The molecule has 0 spiro atoms. The van der Waals surface area contributed by atoms with Gasteiger partial charge in [0.25, 0.3) is 0 Å². The highest BCUT2D eigenvalue weighted by atomic mass is 16.4. The Labute approximate surface area is 60.6 Å². The first-order chi connectivity index (χ1) is 4.61. The molecule has 1 N–H and O–H groups in total. The maximum absolute atomic E-state index is 10.5. The molecule has 3 heteroatoms. The average molecular weight is 143 g/mol. The molecule has 1 saturated heterocycles. The Morgan fingerprint density at radius 3 is 2.50 bits per heavy atom. The summed E-state index contributed by atoms with van der Waals surface area (Å²) < 4.78 is 0. The highest BCUT2D eigenvalue weighted by molar-refractivity contribution is 5.73. The lowest BCUT2D eigenvalue weighted by Gasteiger charge is -2.13. The summed E-state index contributed by atoms with van der Waals surface area (Å²) in [6.45, 7) is 3.00. The van der Waals surface area contributed by atoms with E-state index in [9.17, 15) is 4.79 Å². The Bertz CT molecular complexity index is 147. The first-order valence-electron chi connectivity index (χ1n) is 3.54. The van der Waals surface area contributed by atoms with Gasteiger partial charge in [0.1, 0.15) is 6.04 Å². The molecule has 1 unspecified atom stereocenters. The summed E-state index contributed by atoms with van der Waals surface area (Å²) in [4.78, 5) is 12.4. The zero-order valence-electron chi connectivity index (χ0n) is 6.37. The number of rotatable bonds is 1. The zero-order valence-corrected chi connectivity index (χ0v) is 6.37. The monoisotopic (exact) mass is 143 g/mol. The van der Waals surface area contributed by atoms with Crippen molar-refractivity contribution >= 4 is 5.97 Å². The van der Waals surface area contributed by atoms with Gasteiger partial charge >= 0.3 is 5.97 Å². The van der Waals surface area contributed by atoms with Gasteiger partial charge in [0.05, 0.1) is 0 Å². The minimum atomic E-state index is -0.688. The van der Waals surface area contributed by atoms with Crippen LogP contribution in [0.4, 0.5) is 0 Å². The lowest BCUT2D eigenvalue weighted by atomic mass is 10.1. The van der Waals surface area contributed by atoms with E-state index in [2.05, 4.69) is 6.92 Å². The SMILES string of the molecule is C[C@H]1CC(C(=O)O)N(C)C1. The van der Waals surface area contributed by atoms with Crippen LogP contribution in [0.15, 0.2) is 0 Å². The van der Waals surface area contributed by atoms with Gasteiger partial charge in [0.2, 0.25) is 0 Å². The number of likely N-dealkylation sites (N-methyl/N-ethyl adjacent to an activating group) is 1. The number of likely N-dealkylation sites (tertiary alicyclic amines) is 1. The topological polar surface area (TPSA) is 40.5 Å². The van der Waals surface area contributed by atoms with Gasteiger partial charge in [-0.3, -0.25) is 9.69 Å². The van der Waals surface area contributed by atoms with Crippen LogP contribution in [0.2, 0.25) is 0 Å². The minimum Gasteiger partial charge on any atom is -0.480 e. The van der Waals surface area contributed by atoms with Crippen LogP contribution in [0.3, 0.4) is 0 Å². The van der Waals surface area contributed by atoms with Crippen LogP contribution in [-0.4, -0.2) is 35.6 Å². The van der Waals surface area contributed by atoms with Crippen molar-refractivity contribution in [3.63, 3.8) is 0 Å². The van der Waals surface area contributed by atoms with Crippen LogP contribution >= 0.6 is 0 Å². The van der Waals surface area contributed by atoms with Gasteiger partial charge < -0.3 is 5.11 Å². The third kappa shape index (κ3) is 1.29. The molecule has 1 aliphatic rings. The van der Waals surface area contributed by atoms with E-state index in [1.807, 2.05) is 11.9 Å². The first kappa shape index (κ1) is 7.54. The number of carboxylic acid groups (broad SMARTS) is 1. The van der Waals surface area contributed by atoms with Crippen LogP contribution in [0.1, 0.15) is 13.3 Å². The van der Waals surface area contributed by atoms with Crippen LogP contribution in [0.5, 0.6) is 0 Å². The molecular formula is C7H13NO2. The second-order valence-electron chi connectivity index (χ2n) is 3.13. The fraction of sp³-hybridized carbons (Fsp3) is 0.857. The van der Waals surface area contributed by atoms with Crippen molar-refractivity contribution in [1.82, 2.24) is 4.90 Å². The normalized spacial score (nSPS) is 34.6. The van der Waals surface area contributed by atoms with Crippen LogP contribution in [-0.2, 0) is 4.79 Å². The van der Waals surface area contributed by atoms with Gasteiger partial charge in [-0.2, -0.15) is 0 Å². The molecule has 0 radical (unpaired) electrons. The van der Waals surface area contributed by atoms with Crippen LogP contribution in [0.25, 0.3) is 0 Å². The van der Waals surface area contributed by atoms with Crippen LogP contribution in [0, 0.1) is 5.92 Å². The van der Waals surface area contributed by atoms with E-state index >= 15 is 0 Å². The Hall–Kier alpha value is -0.570. The summed E-state index contributed by atoms with van der Waals surface area (Å²) in [6.07, 6.45) is 0.797. The van der Waals surface area contributed by atoms with Crippen LogP contribution < -0.4 is 0 Å². The molecule has 1 rings (SSSR count). The number of hydrogen-bond acceptors (Lipinski definition) is 2.